The third kappa shape index (κ3) is 1.66. The van der Waals surface area contributed by atoms with Gasteiger partial charge in [-0.05, 0) is 34.7 Å². The van der Waals surface area contributed by atoms with Crippen LogP contribution in [0.4, 0.5) is 0 Å². The lowest BCUT2D eigenvalue weighted by atomic mass is 10.2. The minimum Gasteiger partial charge on any atom is -0.481 e. The Morgan fingerprint density at radius 2 is 2.14 bits per heavy atom. The molecule has 2 aromatic rings. The standard InChI is InChI=1S/C10H7ClINO/c1-14-10-8-4-6(11)2-3-7(8)9(12)5-13-10/h2-5H,1H3. The van der Waals surface area contributed by atoms with Gasteiger partial charge >= 0.3 is 0 Å². The molecule has 0 fully saturated rings. The monoisotopic (exact) mass is 319 g/mol. The first kappa shape index (κ1) is 9.98. The zero-order valence-electron chi connectivity index (χ0n) is 7.42. The molecule has 1 aromatic heterocycles. The average molecular weight is 320 g/mol. The molecule has 2 rings (SSSR count). The highest BCUT2D eigenvalue weighted by Gasteiger charge is 2.06. The van der Waals surface area contributed by atoms with Crippen molar-refractivity contribution in [2.75, 3.05) is 7.11 Å². The molecule has 0 saturated carbocycles. The van der Waals surface area contributed by atoms with E-state index in [0.29, 0.717) is 10.9 Å². The Morgan fingerprint density at radius 1 is 1.36 bits per heavy atom. The minimum absolute atomic E-state index is 0.614. The molecule has 0 atom stereocenters. The zero-order valence-corrected chi connectivity index (χ0v) is 10.3. The van der Waals surface area contributed by atoms with Crippen molar-refractivity contribution in [2.45, 2.75) is 0 Å². The van der Waals surface area contributed by atoms with Gasteiger partial charge in [-0.15, -0.1) is 0 Å². The fourth-order valence-corrected chi connectivity index (χ4v) is 2.10. The predicted molar refractivity (Wildman–Crippen MR) is 66.0 cm³/mol. The molecule has 0 bridgehead atoms. The first-order valence-electron chi connectivity index (χ1n) is 4.00. The highest BCUT2D eigenvalue weighted by molar-refractivity contribution is 14.1. The molecule has 0 spiro atoms. The van der Waals surface area contributed by atoms with E-state index in [1.165, 1.54) is 0 Å². The van der Waals surface area contributed by atoms with E-state index in [2.05, 4.69) is 27.6 Å². The van der Waals surface area contributed by atoms with Gasteiger partial charge in [-0.1, -0.05) is 17.7 Å². The number of benzene rings is 1. The first-order chi connectivity index (χ1) is 6.72. The number of fused-ring (bicyclic) bond motifs is 1. The van der Waals surface area contributed by atoms with Crippen molar-refractivity contribution in [3.63, 3.8) is 0 Å². The highest BCUT2D eigenvalue weighted by atomic mass is 127. The maximum Gasteiger partial charge on any atom is 0.221 e. The third-order valence-corrected chi connectivity index (χ3v) is 3.05. The van der Waals surface area contributed by atoms with E-state index < -0.39 is 0 Å². The molecular weight excluding hydrogens is 312 g/mol. The van der Waals surface area contributed by atoms with Crippen molar-refractivity contribution in [1.82, 2.24) is 4.98 Å². The molecule has 0 saturated heterocycles. The molecule has 0 unspecified atom stereocenters. The van der Waals surface area contributed by atoms with Crippen molar-refractivity contribution in [1.29, 1.82) is 0 Å². The van der Waals surface area contributed by atoms with Gasteiger partial charge in [0.05, 0.1) is 7.11 Å². The van der Waals surface area contributed by atoms with Crippen LogP contribution >= 0.6 is 34.2 Å². The molecule has 4 heteroatoms. The number of aromatic nitrogens is 1. The van der Waals surface area contributed by atoms with Crippen molar-refractivity contribution in [2.24, 2.45) is 0 Å². The van der Waals surface area contributed by atoms with E-state index in [0.717, 1.165) is 14.3 Å². The van der Waals surface area contributed by atoms with Crippen LogP contribution in [-0.2, 0) is 0 Å². The van der Waals surface area contributed by atoms with Gasteiger partial charge in [-0.25, -0.2) is 4.98 Å². The summed E-state index contributed by atoms with van der Waals surface area (Å²) >= 11 is 8.16. The predicted octanol–water partition coefficient (Wildman–Crippen LogP) is 3.50. The summed E-state index contributed by atoms with van der Waals surface area (Å²) in [4.78, 5) is 4.18. The molecule has 0 radical (unpaired) electrons. The Balaban J connectivity index is 2.85. The second-order valence-electron chi connectivity index (χ2n) is 2.81. The lowest BCUT2D eigenvalue weighted by molar-refractivity contribution is 0.403. The van der Waals surface area contributed by atoms with Gasteiger partial charge in [-0.3, -0.25) is 0 Å². The maximum absolute atomic E-state index is 5.91. The van der Waals surface area contributed by atoms with Gasteiger partial charge in [0.25, 0.3) is 0 Å². The van der Waals surface area contributed by atoms with Crippen molar-refractivity contribution in [3.8, 4) is 5.88 Å². The van der Waals surface area contributed by atoms with Gasteiger partial charge in [0.2, 0.25) is 5.88 Å². The zero-order chi connectivity index (χ0) is 10.1. The van der Waals surface area contributed by atoms with E-state index in [9.17, 15) is 0 Å². The molecule has 72 valence electrons. The summed E-state index contributed by atoms with van der Waals surface area (Å²) in [5.74, 6) is 0.614. The number of ether oxygens (including phenoxy) is 1. The molecule has 14 heavy (non-hydrogen) atoms. The van der Waals surface area contributed by atoms with Crippen LogP contribution in [0.15, 0.2) is 24.4 Å². The van der Waals surface area contributed by atoms with Crippen molar-refractivity contribution >= 4 is 45.0 Å². The van der Waals surface area contributed by atoms with E-state index >= 15 is 0 Å². The minimum atomic E-state index is 0.614. The Labute approximate surface area is 100 Å². The third-order valence-electron chi connectivity index (χ3n) is 1.96. The smallest absolute Gasteiger partial charge is 0.221 e. The molecule has 0 aliphatic rings. The van der Waals surface area contributed by atoms with Gasteiger partial charge in [0, 0.05) is 25.6 Å². The summed E-state index contributed by atoms with van der Waals surface area (Å²) in [6.45, 7) is 0. The number of rotatable bonds is 1. The largest absolute Gasteiger partial charge is 0.481 e. The number of halogens is 2. The topological polar surface area (TPSA) is 22.1 Å². The van der Waals surface area contributed by atoms with Gasteiger partial charge in [-0.2, -0.15) is 0 Å². The van der Waals surface area contributed by atoms with Crippen LogP contribution in [-0.4, -0.2) is 12.1 Å². The van der Waals surface area contributed by atoms with Gasteiger partial charge in [0.15, 0.2) is 0 Å². The second kappa shape index (κ2) is 3.90. The van der Waals surface area contributed by atoms with E-state index in [1.54, 1.807) is 13.3 Å². The van der Waals surface area contributed by atoms with Crippen LogP contribution in [0.25, 0.3) is 10.8 Å². The summed E-state index contributed by atoms with van der Waals surface area (Å²) in [7, 11) is 1.61. The number of nitrogens with zero attached hydrogens (tertiary/aromatic N) is 1. The molecule has 2 nitrogen and oxygen atoms in total. The first-order valence-corrected chi connectivity index (χ1v) is 5.46. The second-order valence-corrected chi connectivity index (χ2v) is 4.40. The Morgan fingerprint density at radius 3 is 2.86 bits per heavy atom. The Bertz CT molecular complexity index is 487. The summed E-state index contributed by atoms with van der Waals surface area (Å²) in [5.41, 5.74) is 0. The lowest BCUT2D eigenvalue weighted by Crippen LogP contribution is -1.90. The SMILES string of the molecule is COc1ncc(I)c2ccc(Cl)cc12. The van der Waals surface area contributed by atoms with E-state index in [-0.39, 0.29) is 0 Å². The number of hydrogen-bond donors (Lipinski definition) is 0. The number of pyridine rings is 1. The van der Waals surface area contributed by atoms with Crippen LogP contribution in [0.2, 0.25) is 5.02 Å². The number of methoxy groups -OCH3 is 1. The molecule has 0 N–H and O–H groups in total. The molecule has 1 aromatic carbocycles. The molecule has 0 amide bonds. The number of hydrogen-bond acceptors (Lipinski definition) is 2. The van der Waals surface area contributed by atoms with Crippen LogP contribution < -0.4 is 4.74 Å². The molecule has 0 aliphatic heterocycles. The van der Waals surface area contributed by atoms with Gasteiger partial charge in [0.1, 0.15) is 0 Å². The fraction of sp³-hybridized carbons (Fsp3) is 0.100. The quantitative estimate of drug-likeness (QED) is 0.751. The fourth-order valence-electron chi connectivity index (χ4n) is 1.32. The van der Waals surface area contributed by atoms with Crippen LogP contribution in [0.3, 0.4) is 0 Å². The summed E-state index contributed by atoms with van der Waals surface area (Å²) in [6, 6.07) is 5.71. The lowest BCUT2D eigenvalue weighted by Gasteiger charge is -2.05. The van der Waals surface area contributed by atoms with E-state index in [4.69, 9.17) is 16.3 Å². The highest BCUT2D eigenvalue weighted by Crippen LogP contribution is 2.29. The van der Waals surface area contributed by atoms with Crippen LogP contribution in [0.5, 0.6) is 5.88 Å². The Hall–Kier alpha value is -0.550. The average Bonchev–Trinajstić information content (AvgIpc) is 2.18. The summed E-state index contributed by atoms with van der Waals surface area (Å²) in [6.07, 6.45) is 1.79. The summed E-state index contributed by atoms with van der Waals surface area (Å²) in [5, 5.41) is 2.76. The Kier molecular flexibility index (Phi) is 2.78. The van der Waals surface area contributed by atoms with Gasteiger partial charge < -0.3 is 4.74 Å². The van der Waals surface area contributed by atoms with Crippen molar-refractivity contribution < 1.29 is 4.74 Å². The summed E-state index contributed by atoms with van der Waals surface area (Å²) < 4.78 is 6.26. The van der Waals surface area contributed by atoms with Crippen molar-refractivity contribution in [3.05, 3.63) is 33.0 Å². The molecule has 1 heterocycles. The van der Waals surface area contributed by atoms with Crippen LogP contribution in [0, 0.1) is 3.57 Å². The normalized spacial score (nSPS) is 10.5. The molecular formula is C10H7ClINO. The van der Waals surface area contributed by atoms with E-state index in [1.807, 2.05) is 18.2 Å². The maximum atomic E-state index is 5.91. The molecule has 0 aliphatic carbocycles. The van der Waals surface area contributed by atoms with Crippen LogP contribution in [0.1, 0.15) is 0 Å².